The maximum Gasteiger partial charge on any atom is 0.141 e. The van der Waals surface area contributed by atoms with Gasteiger partial charge in [0, 0.05) is 23.2 Å². The highest BCUT2D eigenvalue weighted by molar-refractivity contribution is 6.32. The molecule has 0 bridgehead atoms. The van der Waals surface area contributed by atoms with E-state index in [1.165, 1.54) is 0 Å². The molecule has 3 rings (SSSR count). The molecule has 2 unspecified atom stereocenters. The minimum Gasteiger partial charge on any atom is -0.492 e. The molecule has 5 nitrogen and oxygen atoms in total. The van der Waals surface area contributed by atoms with Crippen LogP contribution in [-0.2, 0) is 0 Å². The number of hydrogen-bond donors (Lipinski definition) is 2. The van der Waals surface area contributed by atoms with E-state index in [0.717, 1.165) is 28.7 Å². The number of H-pyrrole nitrogens is 1. The molecule has 24 heavy (non-hydrogen) atoms. The van der Waals surface area contributed by atoms with Crippen molar-refractivity contribution >= 4 is 22.6 Å². The number of hydrogen-bond acceptors (Lipinski definition) is 4. The van der Waals surface area contributed by atoms with E-state index in [-0.39, 0.29) is 6.04 Å². The van der Waals surface area contributed by atoms with Crippen LogP contribution in [0.5, 0.6) is 5.75 Å². The van der Waals surface area contributed by atoms with Crippen LogP contribution in [0, 0.1) is 5.92 Å². The molecule has 0 saturated carbocycles. The van der Waals surface area contributed by atoms with Gasteiger partial charge in [-0.15, -0.1) is 0 Å². The van der Waals surface area contributed by atoms with Crippen LogP contribution in [0.15, 0.2) is 36.8 Å². The molecule has 0 saturated heterocycles. The van der Waals surface area contributed by atoms with Crippen LogP contribution in [0.25, 0.3) is 22.3 Å². The normalized spacial score (nSPS) is 13.8. The minimum atomic E-state index is 0.169. The number of aromatic nitrogens is 3. The third-order valence-corrected chi connectivity index (χ3v) is 4.15. The standard InChI is InChI=1S/C18H21ClN4O/c1-11(7-12(2)20)9-24-16-4-3-13(8-15(16)19)17-14-5-6-21-18(14)23-10-22-17/h3-6,8,10-12H,7,9,20H2,1-2H3,(H,21,22,23). The van der Waals surface area contributed by atoms with Gasteiger partial charge in [0.25, 0.3) is 0 Å². The summed E-state index contributed by atoms with van der Waals surface area (Å²) >= 11 is 6.39. The Kier molecular flexibility index (Phi) is 5.02. The molecule has 1 aromatic carbocycles. The molecule has 2 aromatic heterocycles. The minimum absolute atomic E-state index is 0.169. The van der Waals surface area contributed by atoms with Gasteiger partial charge in [-0.1, -0.05) is 18.5 Å². The highest BCUT2D eigenvalue weighted by Gasteiger charge is 2.12. The Labute approximate surface area is 146 Å². The van der Waals surface area contributed by atoms with Crippen molar-refractivity contribution in [2.24, 2.45) is 11.7 Å². The molecule has 0 radical (unpaired) electrons. The van der Waals surface area contributed by atoms with Gasteiger partial charge in [0.15, 0.2) is 0 Å². The smallest absolute Gasteiger partial charge is 0.141 e. The Hall–Kier alpha value is -2.11. The van der Waals surface area contributed by atoms with Crippen LogP contribution in [0.2, 0.25) is 5.02 Å². The number of fused-ring (bicyclic) bond motifs is 1. The average Bonchev–Trinajstić information content (AvgIpc) is 3.01. The molecule has 0 fully saturated rings. The van der Waals surface area contributed by atoms with E-state index >= 15 is 0 Å². The van der Waals surface area contributed by atoms with Crippen LogP contribution in [0.1, 0.15) is 20.3 Å². The van der Waals surface area contributed by atoms with Gasteiger partial charge in [0.2, 0.25) is 0 Å². The topological polar surface area (TPSA) is 76.8 Å². The summed E-state index contributed by atoms with van der Waals surface area (Å²) in [4.78, 5) is 11.7. The van der Waals surface area contributed by atoms with E-state index in [1.54, 1.807) is 6.33 Å². The first-order valence-corrected chi connectivity index (χ1v) is 8.38. The summed E-state index contributed by atoms with van der Waals surface area (Å²) in [5.74, 6) is 1.05. The van der Waals surface area contributed by atoms with Crippen molar-refractivity contribution in [2.75, 3.05) is 6.61 Å². The Balaban J connectivity index is 1.79. The number of halogens is 1. The molecule has 3 N–H and O–H groups in total. The summed E-state index contributed by atoms with van der Waals surface area (Å²) in [6, 6.07) is 7.85. The van der Waals surface area contributed by atoms with E-state index < -0.39 is 0 Å². The quantitative estimate of drug-likeness (QED) is 0.707. The third-order valence-electron chi connectivity index (χ3n) is 3.86. The Morgan fingerprint density at radius 3 is 2.83 bits per heavy atom. The third kappa shape index (κ3) is 3.68. The predicted octanol–water partition coefficient (Wildman–Crippen LogP) is 4.03. The molecule has 0 aliphatic carbocycles. The highest BCUT2D eigenvalue weighted by Crippen LogP contribution is 2.32. The molecule has 0 amide bonds. The van der Waals surface area contributed by atoms with Gasteiger partial charge in [-0.2, -0.15) is 0 Å². The van der Waals surface area contributed by atoms with Crippen LogP contribution in [0.3, 0.4) is 0 Å². The van der Waals surface area contributed by atoms with Crippen molar-refractivity contribution < 1.29 is 4.74 Å². The number of nitrogens with one attached hydrogen (secondary N) is 1. The molecule has 3 aromatic rings. The van der Waals surface area contributed by atoms with Crippen molar-refractivity contribution in [3.05, 3.63) is 41.8 Å². The molecule has 126 valence electrons. The Morgan fingerprint density at radius 1 is 1.25 bits per heavy atom. The van der Waals surface area contributed by atoms with E-state index in [2.05, 4.69) is 21.9 Å². The average molecular weight is 345 g/mol. The van der Waals surface area contributed by atoms with E-state index in [4.69, 9.17) is 22.1 Å². The lowest BCUT2D eigenvalue weighted by Gasteiger charge is -2.16. The fraction of sp³-hybridized carbons (Fsp3) is 0.333. The van der Waals surface area contributed by atoms with Gasteiger partial charge in [0.1, 0.15) is 17.7 Å². The number of aromatic amines is 1. The second-order valence-electron chi connectivity index (χ2n) is 6.24. The monoisotopic (exact) mass is 344 g/mol. The fourth-order valence-electron chi connectivity index (χ4n) is 2.80. The predicted molar refractivity (Wildman–Crippen MR) is 97.3 cm³/mol. The molecule has 6 heteroatoms. The summed E-state index contributed by atoms with van der Waals surface area (Å²) in [5.41, 5.74) is 8.40. The molecular formula is C18H21ClN4O. The Bertz CT molecular complexity index is 831. The zero-order chi connectivity index (χ0) is 17.1. The van der Waals surface area contributed by atoms with Gasteiger partial charge in [-0.3, -0.25) is 0 Å². The van der Waals surface area contributed by atoms with Gasteiger partial charge >= 0.3 is 0 Å². The van der Waals surface area contributed by atoms with Crippen LogP contribution < -0.4 is 10.5 Å². The summed E-state index contributed by atoms with van der Waals surface area (Å²) in [6.45, 7) is 4.72. The zero-order valence-corrected chi connectivity index (χ0v) is 14.5. The van der Waals surface area contributed by atoms with Crippen molar-refractivity contribution in [1.82, 2.24) is 15.0 Å². The molecule has 2 heterocycles. The lowest BCUT2D eigenvalue weighted by atomic mass is 10.0. The highest BCUT2D eigenvalue weighted by atomic mass is 35.5. The summed E-state index contributed by atoms with van der Waals surface area (Å²) in [6.07, 6.45) is 4.31. The second-order valence-corrected chi connectivity index (χ2v) is 6.64. The van der Waals surface area contributed by atoms with Crippen molar-refractivity contribution in [3.8, 4) is 17.0 Å². The lowest BCUT2D eigenvalue weighted by Crippen LogP contribution is -2.21. The second kappa shape index (κ2) is 7.20. The first kappa shape index (κ1) is 16.7. The number of nitrogens with two attached hydrogens (primary N) is 1. The maximum atomic E-state index is 6.39. The van der Waals surface area contributed by atoms with Gasteiger partial charge in [0.05, 0.1) is 17.3 Å². The SMILES string of the molecule is CC(N)CC(C)COc1ccc(-c2ncnc3[nH]ccc23)cc1Cl. The largest absolute Gasteiger partial charge is 0.492 e. The molecule has 0 aliphatic heterocycles. The van der Waals surface area contributed by atoms with Gasteiger partial charge in [-0.05, 0) is 43.5 Å². The maximum absolute atomic E-state index is 6.39. The van der Waals surface area contributed by atoms with Crippen molar-refractivity contribution in [3.63, 3.8) is 0 Å². The van der Waals surface area contributed by atoms with E-state index in [0.29, 0.717) is 23.3 Å². The van der Waals surface area contributed by atoms with Gasteiger partial charge < -0.3 is 15.5 Å². The molecular weight excluding hydrogens is 324 g/mol. The number of nitrogens with zero attached hydrogens (tertiary/aromatic N) is 2. The Morgan fingerprint density at radius 2 is 2.08 bits per heavy atom. The first-order chi connectivity index (χ1) is 11.5. The molecule has 0 spiro atoms. The van der Waals surface area contributed by atoms with Crippen molar-refractivity contribution in [2.45, 2.75) is 26.3 Å². The first-order valence-electron chi connectivity index (χ1n) is 8.01. The van der Waals surface area contributed by atoms with Crippen LogP contribution in [0.4, 0.5) is 0 Å². The van der Waals surface area contributed by atoms with Crippen LogP contribution >= 0.6 is 11.6 Å². The van der Waals surface area contributed by atoms with E-state index in [1.807, 2.05) is 37.4 Å². The fourth-order valence-corrected chi connectivity index (χ4v) is 3.04. The zero-order valence-electron chi connectivity index (χ0n) is 13.8. The summed E-state index contributed by atoms with van der Waals surface area (Å²) < 4.78 is 5.84. The summed E-state index contributed by atoms with van der Waals surface area (Å²) in [7, 11) is 0. The van der Waals surface area contributed by atoms with Crippen LogP contribution in [-0.4, -0.2) is 27.6 Å². The number of benzene rings is 1. The molecule has 2 atom stereocenters. The summed E-state index contributed by atoms with van der Waals surface area (Å²) in [5, 5.41) is 1.54. The number of rotatable bonds is 6. The number of ether oxygens (including phenoxy) is 1. The lowest BCUT2D eigenvalue weighted by molar-refractivity contribution is 0.246. The molecule has 0 aliphatic rings. The van der Waals surface area contributed by atoms with Crippen molar-refractivity contribution in [1.29, 1.82) is 0 Å². The van der Waals surface area contributed by atoms with E-state index in [9.17, 15) is 0 Å². The van der Waals surface area contributed by atoms with Gasteiger partial charge in [-0.25, -0.2) is 9.97 Å².